The van der Waals surface area contributed by atoms with Crippen LogP contribution in [-0.4, -0.2) is 9.55 Å². The van der Waals surface area contributed by atoms with Crippen LogP contribution in [0.5, 0.6) is 0 Å². The van der Waals surface area contributed by atoms with Gasteiger partial charge in [0.15, 0.2) is 0 Å². The van der Waals surface area contributed by atoms with Gasteiger partial charge in [-0.2, -0.15) is 5.26 Å². The zero-order valence-corrected chi connectivity index (χ0v) is 11.5. The monoisotopic (exact) mass is 282 g/mol. The molecule has 20 heavy (non-hydrogen) atoms. The molecular formula is C15H11ClN4. The number of anilines is 1. The van der Waals surface area contributed by atoms with Crippen molar-refractivity contribution in [1.29, 1.82) is 5.26 Å². The molecule has 98 valence electrons. The molecule has 0 aliphatic heterocycles. The van der Waals surface area contributed by atoms with Gasteiger partial charge in [0.05, 0.1) is 22.3 Å². The highest BCUT2D eigenvalue weighted by atomic mass is 35.5. The van der Waals surface area contributed by atoms with Crippen molar-refractivity contribution in [3.8, 4) is 11.8 Å². The Kier molecular flexibility index (Phi) is 2.85. The second kappa shape index (κ2) is 4.55. The van der Waals surface area contributed by atoms with E-state index in [9.17, 15) is 5.26 Å². The van der Waals surface area contributed by atoms with Crippen molar-refractivity contribution >= 4 is 28.6 Å². The largest absolute Gasteiger partial charge is 0.369 e. The van der Waals surface area contributed by atoms with Crippen molar-refractivity contribution in [3.63, 3.8) is 0 Å². The Bertz CT molecular complexity index is 858. The van der Waals surface area contributed by atoms with Crippen LogP contribution in [0.2, 0.25) is 5.02 Å². The first-order chi connectivity index (χ1) is 9.60. The molecule has 0 atom stereocenters. The fourth-order valence-electron chi connectivity index (χ4n) is 2.24. The zero-order chi connectivity index (χ0) is 14.3. The quantitative estimate of drug-likeness (QED) is 0.743. The van der Waals surface area contributed by atoms with Gasteiger partial charge in [-0.1, -0.05) is 17.7 Å². The molecule has 5 heteroatoms. The first kappa shape index (κ1) is 12.5. The molecule has 0 saturated heterocycles. The van der Waals surface area contributed by atoms with Gasteiger partial charge in [0, 0.05) is 5.02 Å². The maximum Gasteiger partial charge on any atom is 0.205 e. The van der Waals surface area contributed by atoms with Gasteiger partial charge in [-0.3, -0.25) is 4.57 Å². The van der Waals surface area contributed by atoms with Crippen molar-refractivity contribution < 1.29 is 0 Å². The lowest BCUT2D eigenvalue weighted by molar-refractivity contribution is 1.10. The summed E-state index contributed by atoms with van der Waals surface area (Å²) in [4.78, 5) is 4.32. The number of halogens is 1. The van der Waals surface area contributed by atoms with E-state index in [2.05, 4.69) is 11.1 Å². The summed E-state index contributed by atoms with van der Waals surface area (Å²) in [6.45, 7) is 2.00. The number of nitrogens with two attached hydrogens (primary N) is 1. The van der Waals surface area contributed by atoms with Gasteiger partial charge in [0.25, 0.3) is 0 Å². The van der Waals surface area contributed by atoms with Crippen molar-refractivity contribution in [2.24, 2.45) is 0 Å². The summed E-state index contributed by atoms with van der Waals surface area (Å²) >= 11 is 6.04. The molecule has 0 aliphatic carbocycles. The number of fused-ring (bicyclic) bond motifs is 1. The number of hydrogen-bond donors (Lipinski definition) is 1. The Morgan fingerprint density at radius 2 is 2.05 bits per heavy atom. The minimum absolute atomic E-state index is 0.337. The molecule has 0 radical (unpaired) electrons. The molecule has 1 heterocycles. The molecule has 0 aliphatic rings. The molecule has 3 rings (SSSR count). The second-order valence-corrected chi connectivity index (χ2v) is 5.01. The molecule has 4 nitrogen and oxygen atoms in total. The standard InChI is InChI=1S/C15H11ClN4/c1-9-2-5-12-14(6-9)20(15(18)19-12)13-7-11(16)4-3-10(13)8-17/h2-7H,1H3,(H2,18,19). The van der Waals surface area contributed by atoms with E-state index in [0.717, 1.165) is 16.6 Å². The van der Waals surface area contributed by atoms with Crippen LogP contribution in [0.3, 0.4) is 0 Å². The maximum absolute atomic E-state index is 9.26. The molecule has 0 spiro atoms. The van der Waals surface area contributed by atoms with E-state index < -0.39 is 0 Å². The lowest BCUT2D eigenvalue weighted by atomic mass is 10.1. The number of aryl methyl sites for hydroxylation is 1. The summed E-state index contributed by atoms with van der Waals surface area (Å²) in [6, 6.07) is 13.1. The Labute approximate surface area is 121 Å². The van der Waals surface area contributed by atoms with Gasteiger partial charge in [-0.15, -0.1) is 0 Å². The highest BCUT2D eigenvalue weighted by molar-refractivity contribution is 6.30. The molecule has 0 saturated carbocycles. The Morgan fingerprint density at radius 3 is 2.80 bits per heavy atom. The molecule has 1 aromatic heterocycles. The van der Waals surface area contributed by atoms with E-state index in [0.29, 0.717) is 22.2 Å². The average Bonchev–Trinajstić information content (AvgIpc) is 2.74. The van der Waals surface area contributed by atoms with Crippen LogP contribution >= 0.6 is 11.6 Å². The highest BCUT2D eigenvalue weighted by Crippen LogP contribution is 2.27. The van der Waals surface area contributed by atoms with Gasteiger partial charge < -0.3 is 5.73 Å². The van der Waals surface area contributed by atoms with Crippen LogP contribution in [0.4, 0.5) is 5.95 Å². The fraction of sp³-hybridized carbons (Fsp3) is 0.0667. The van der Waals surface area contributed by atoms with Crippen molar-refractivity contribution in [1.82, 2.24) is 9.55 Å². The average molecular weight is 283 g/mol. The SMILES string of the molecule is Cc1ccc2nc(N)n(-c3cc(Cl)ccc3C#N)c2c1. The number of benzene rings is 2. The van der Waals surface area contributed by atoms with Crippen molar-refractivity contribution in [2.45, 2.75) is 6.92 Å². The Morgan fingerprint density at radius 1 is 1.25 bits per heavy atom. The van der Waals surface area contributed by atoms with Gasteiger partial charge >= 0.3 is 0 Å². The van der Waals surface area contributed by atoms with E-state index in [1.54, 1.807) is 22.8 Å². The third-order valence-corrected chi connectivity index (χ3v) is 3.39. The molecule has 0 unspecified atom stereocenters. The molecular weight excluding hydrogens is 272 g/mol. The normalized spacial score (nSPS) is 10.7. The highest BCUT2D eigenvalue weighted by Gasteiger charge is 2.13. The van der Waals surface area contributed by atoms with E-state index in [4.69, 9.17) is 17.3 Å². The van der Waals surface area contributed by atoms with Crippen molar-refractivity contribution in [3.05, 3.63) is 52.5 Å². The van der Waals surface area contributed by atoms with E-state index in [-0.39, 0.29) is 0 Å². The van der Waals surface area contributed by atoms with Crippen LogP contribution in [0.25, 0.3) is 16.7 Å². The molecule has 3 aromatic rings. The molecule has 0 bridgehead atoms. The predicted molar refractivity (Wildman–Crippen MR) is 79.9 cm³/mol. The summed E-state index contributed by atoms with van der Waals surface area (Å²) in [5, 5.41) is 9.81. The number of rotatable bonds is 1. The number of nitriles is 1. The first-order valence-corrected chi connectivity index (χ1v) is 6.42. The molecule has 2 N–H and O–H groups in total. The summed E-state index contributed by atoms with van der Waals surface area (Å²) < 4.78 is 1.76. The number of aromatic nitrogens is 2. The van der Waals surface area contributed by atoms with Crippen LogP contribution in [0.1, 0.15) is 11.1 Å². The molecule has 2 aromatic carbocycles. The van der Waals surface area contributed by atoms with E-state index in [1.807, 2.05) is 25.1 Å². The van der Waals surface area contributed by atoms with Gasteiger partial charge in [0.2, 0.25) is 5.95 Å². The lowest BCUT2D eigenvalue weighted by Gasteiger charge is -2.09. The lowest BCUT2D eigenvalue weighted by Crippen LogP contribution is -2.03. The zero-order valence-electron chi connectivity index (χ0n) is 10.8. The maximum atomic E-state index is 9.26. The fourth-order valence-corrected chi connectivity index (χ4v) is 2.41. The Balaban J connectivity index is 2.40. The van der Waals surface area contributed by atoms with Crippen LogP contribution < -0.4 is 5.73 Å². The van der Waals surface area contributed by atoms with Crippen molar-refractivity contribution in [2.75, 3.05) is 5.73 Å². The number of hydrogen-bond acceptors (Lipinski definition) is 3. The number of nitrogens with zero attached hydrogens (tertiary/aromatic N) is 3. The smallest absolute Gasteiger partial charge is 0.205 e. The Hall–Kier alpha value is -2.51. The summed E-state index contributed by atoms with van der Waals surface area (Å²) in [7, 11) is 0. The summed E-state index contributed by atoms with van der Waals surface area (Å²) in [5.41, 5.74) is 9.90. The van der Waals surface area contributed by atoms with Gasteiger partial charge in [-0.25, -0.2) is 4.98 Å². The predicted octanol–water partition coefficient (Wildman–Crippen LogP) is 3.44. The van der Waals surface area contributed by atoms with E-state index >= 15 is 0 Å². The van der Waals surface area contributed by atoms with Crippen LogP contribution in [0.15, 0.2) is 36.4 Å². The topological polar surface area (TPSA) is 67.6 Å². The van der Waals surface area contributed by atoms with Crippen LogP contribution in [-0.2, 0) is 0 Å². The minimum Gasteiger partial charge on any atom is -0.369 e. The van der Waals surface area contributed by atoms with Gasteiger partial charge in [-0.05, 0) is 42.8 Å². The summed E-state index contributed by atoms with van der Waals surface area (Å²) in [5.74, 6) is 0.337. The second-order valence-electron chi connectivity index (χ2n) is 4.57. The number of imidazole rings is 1. The molecule has 0 fully saturated rings. The molecule has 0 amide bonds. The third kappa shape index (κ3) is 1.89. The first-order valence-electron chi connectivity index (χ1n) is 6.05. The van der Waals surface area contributed by atoms with Crippen LogP contribution in [0, 0.1) is 18.3 Å². The number of nitrogen functional groups attached to an aromatic ring is 1. The summed E-state index contributed by atoms with van der Waals surface area (Å²) in [6.07, 6.45) is 0. The van der Waals surface area contributed by atoms with Gasteiger partial charge in [0.1, 0.15) is 6.07 Å². The third-order valence-electron chi connectivity index (χ3n) is 3.16. The van der Waals surface area contributed by atoms with E-state index in [1.165, 1.54) is 0 Å². The minimum atomic E-state index is 0.337.